The van der Waals surface area contributed by atoms with E-state index < -0.39 is 0 Å². The van der Waals surface area contributed by atoms with Crippen molar-refractivity contribution in [2.45, 2.75) is 4.83 Å². The van der Waals surface area contributed by atoms with Gasteiger partial charge in [0.05, 0.1) is 19.0 Å². The van der Waals surface area contributed by atoms with E-state index in [1.54, 1.807) is 38.5 Å². The van der Waals surface area contributed by atoms with E-state index >= 15 is 0 Å². The monoisotopic (exact) mass is 402 g/mol. The van der Waals surface area contributed by atoms with Crippen molar-refractivity contribution in [1.82, 2.24) is 0 Å². The van der Waals surface area contributed by atoms with E-state index in [9.17, 15) is 4.39 Å². The molecule has 1 unspecified atom stereocenters. The largest absolute Gasteiger partial charge is 0.497 e. The molecule has 106 valence electrons. The summed E-state index contributed by atoms with van der Waals surface area (Å²) in [7, 11) is 3.18. The summed E-state index contributed by atoms with van der Waals surface area (Å²) >= 11 is 6.79. The second-order valence-corrected chi connectivity index (χ2v) is 5.97. The normalized spacial score (nSPS) is 12.1. The molecular weight excluding hydrogens is 391 g/mol. The Hall–Kier alpha value is -1.07. The van der Waals surface area contributed by atoms with Crippen molar-refractivity contribution in [3.63, 3.8) is 0 Å². The smallest absolute Gasteiger partial charge is 0.129 e. The Bertz CT molecular complexity index is 617. The average molecular weight is 404 g/mol. The molecule has 0 aromatic heterocycles. The summed E-state index contributed by atoms with van der Waals surface area (Å²) in [6.07, 6.45) is 0. The van der Waals surface area contributed by atoms with E-state index in [1.807, 2.05) is 6.07 Å². The predicted molar refractivity (Wildman–Crippen MR) is 84.4 cm³/mol. The van der Waals surface area contributed by atoms with Gasteiger partial charge in [-0.3, -0.25) is 0 Å². The standard InChI is InChI=1S/C15H13Br2FO2/c1-19-10-4-6-14(20-2)12(8-10)15(17)11-5-3-9(16)7-13(11)18/h3-8,15H,1-2H3. The van der Waals surface area contributed by atoms with E-state index in [2.05, 4.69) is 31.9 Å². The van der Waals surface area contributed by atoms with Crippen LogP contribution in [0.3, 0.4) is 0 Å². The van der Waals surface area contributed by atoms with Gasteiger partial charge in [0.2, 0.25) is 0 Å². The molecule has 2 rings (SSSR count). The van der Waals surface area contributed by atoms with E-state index in [1.165, 1.54) is 6.07 Å². The fraction of sp³-hybridized carbons (Fsp3) is 0.200. The van der Waals surface area contributed by atoms with Gasteiger partial charge < -0.3 is 9.47 Å². The average Bonchev–Trinajstić information content (AvgIpc) is 2.46. The number of hydrogen-bond acceptors (Lipinski definition) is 2. The highest BCUT2D eigenvalue weighted by Crippen LogP contribution is 2.39. The van der Waals surface area contributed by atoms with Gasteiger partial charge in [0.25, 0.3) is 0 Å². The molecule has 20 heavy (non-hydrogen) atoms. The first-order valence-corrected chi connectivity index (χ1v) is 7.58. The Morgan fingerprint density at radius 3 is 2.35 bits per heavy atom. The summed E-state index contributed by atoms with van der Waals surface area (Å²) in [4.78, 5) is -0.319. The number of methoxy groups -OCH3 is 2. The maximum absolute atomic E-state index is 14.1. The number of halogens is 3. The van der Waals surface area contributed by atoms with Crippen molar-refractivity contribution in [3.8, 4) is 11.5 Å². The molecule has 0 heterocycles. The maximum Gasteiger partial charge on any atom is 0.129 e. The van der Waals surface area contributed by atoms with Crippen molar-refractivity contribution in [1.29, 1.82) is 0 Å². The van der Waals surface area contributed by atoms with Crippen LogP contribution in [-0.2, 0) is 0 Å². The number of rotatable bonds is 4. The van der Waals surface area contributed by atoms with Crippen LogP contribution in [0.15, 0.2) is 40.9 Å². The van der Waals surface area contributed by atoms with Gasteiger partial charge in [0.15, 0.2) is 0 Å². The zero-order chi connectivity index (χ0) is 14.7. The maximum atomic E-state index is 14.1. The molecule has 0 N–H and O–H groups in total. The summed E-state index contributed by atoms with van der Waals surface area (Å²) in [6.45, 7) is 0. The number of hydrogen-bond donors (Lipinski definition) is 0. The summed E-state index contributed by atoms with van der Waals surface area (Å²) in [5.41, 5.74) is 1.35. The van der Waals surface area contributed by atoms with E-state index in [-0.39, 0.29) is 10.6 Å². The first-order chi connectivity index (χ1) is 9.56. The van der Waals surface area contributed by atoms with Gasteiger partial charge in [-0.2, -0.15) is 0 Å². The molecule has 0 aliphatic rings. The molecule has 0 aliphatic heterocycles. The third kappa shape index (κ3) is 3.15. The molecule has 5 heteroatoms. The lowest BCUT2D eigenvalue weighted by atomic mass is 10.0. The van der Waals surface area contributed by atoms with Gasteiger partial charge in [-0.25, -0.2) is 4.39 Å². The second kappa shape index (κ2) is 6.59. The molecule has 1 atom stereocenters. The van der Waals surface area contributed by atoms with Gasteiger partial charge in [-0.15, -0.1) is 0 Å². The highest BCUT2D eigenvalue weighted by Gasteiger charge is 2.19. The van der Waals surface area contributed by atoms with Gasteiger partial charge >= 0.3 is 0 Å². The fourth-order valence-electron chi connectivity index (χ4n) is 1.91. The fourth-order valence-corrected chi connectivity index (χ4v) is 2.97. The highest BCUT2D eigenvalue weighted by atomic mass is 79.9. The molecule has 0 saturated carbocycles. The Morgan fingerprint density at radius 1 is 1.00 bits per heavy atom. The van der Waals surface area contributed by atoms with Crippen LogP contribution in [0.25, 0.3) is 0 Å². The van der Waals surface area contributed by atoms with Crippen molar-refractivity contribution >= 4 is 31.9 Å². The van der Waals surface area contributed by atoms with Crippen LogP contribution in [0.4, 0.5) is 4.39 Å². The minimum Gasteiger partial charge on any atom is -0.497 e. The number of benzene rings is 2. The van der Waals surface area contributed by atoms with Crippen LogP contribution in [-0.4, -0.2) is 14.2 Å². The number of ether oxygens (including phenoxy) is 2. The topological polar surface area (TPSA) is 18.5 Å². The molecule has 0 radical (unpaired) electrons. The first-order valence-electron chi connectivity index (χ1n) is 5.87. The quantitative estimate of drug-likeness (QED) is 0.662. The predicted octanol–water partition coefficient (Wildman–Crippen LogP) is 5.09. The van der Waals surface area contributed by atoms with Crippen LogP contribution in [0, 0.1) is 5.82 Å². The molecule has 2 nitrogen and oxygen atoms in total. The van der Waals surface area contributed by atoms with Gasteiger partial charge in [-0.1, -0.05) is 37.9 Å². The van der Waals surface area contributed by atoms with E-state index in [4.69, 9.17) is 9.47 Å². The Labute approximate surface area is 134 Å². The van der Waals surface area contributed by atoms with Gasteiger partial charge in [0.1, 0.15) is 17.3 Å². The second-order valence-electron chi connectivity index (χ2n) is 4.14. The van der Waals surface area contributed by atoms with E-state index in [0.717, 1.165) is 5.56 Å². The highest BCUT2D eigenvalue weighted by molar-refractivity contribution is 9.10. The first kappa shape index (κ1) is 15.3. The third-order valence-electron chi connectivity index (χ3n) is 2.95. The van der Waals surface area contributed by atoms with Gasteiger partial charge in [0, 0.05) is 15.6 Å². The lowest BCUT2D eigenvalue weighted by Gasteiger charge is -2.16. The molecule has 2 aromatic carbocycles. The summed E-state index contributed by atoms with van der Waals surface area (Å²) in [5, 5.41) is 0. The lowest BCUT2D eigenvalue weighted by molar-refractivity contribution is 0.399. The molecule has 0 spiro atoms. The van der Waals surface area contributed by atoms with E-state index in [0.29, 0.717) is 21.5 Å². The zero-order valence-corrected chi connectivity index (χ0v) is 14.2. The Kier molecular flexibility index (Phi) is 5.05. The van der Waals surface area contributed by atoms with Crippen LogP contribution in [0.1, 0.15) is 16.0 Å². The van der Waals surface area contributed by atoms with Crippen molar-refractivity contribution in [3.05, 3.63) is 57.8 Å². The lowest BCUT2D eigenvalue weighted by Crippen LogP contribution is -2.00. The molecule has 0 fully saturated rings. The Morgan fingerprint density at radius 2 is 1.75 bits per heavy atom. The molecule has 0 bridgehead atoms. The zero-order valence-electron chi connectivity index (χ0n) is 11.0. The minimum absolute atomic E-state index is 0.286. The van der Waals surface area contributed by atoms with Crippen LogP contribution >= 0.6 is 31.9 Å². The van der Waals surface area contributed by atoms with Crippen LogP contribution in [0.5, 0.6) is 11.5 Å². The van der Waals surface area contributed by atoms with Crippen LogP contribution in [0.2, 0.25) is 0 Å². The summed E-state index contributed by atoms with van der Waals surface area (Å²) in [5.74, 6) is 1.09. The van der Waals surface area contributed by atoms with Crippen molar-refractivity contribution < 1.29 is 13.9 Å². The van der Waals surface area contributed by atoms with Gasteiger partial charge in [-0.05, 0) is 30.3 Å². The van der Waals surface area contributed by atoms with Crippen LogP contribution < -0.4 is 9.47 Å². The molecule has 2 aromatic rings. The molecular formula is C15H13Br2FO2. The summed E-state index contributed by atoms with van der Waals surface area (Å²) in [6, 6.07) is 10.4. The third-order valence-corrected chi connectivity index (χ3v) is 4.43. The molecule has 0 aliphatic carbocycles. The Balaban J connectivity index is 2.48. The minimum atomic E-state index is -0.319. The molecule has 0 amide bonds. The van der Waals surface area contributed by atoms with Crippen molar-refractivity contribution in [2.75, 3.05) is 14.2 Å². The summed E-state index contributed by atoms with van der Waals surface area (Å²) < 4.78 is 25.3. The molecule has 0 saturated heterocycles. The SMILES string of the molecule is COc1ccc(OC)c(C(Br)c2ccc(Br)cc2F)c1. The van der Waals surface area contributed by atoms with Crippen molar-refractivity contribution in [2.24, 2.45) is 0 Å². The number of alkyl halides is 1.